The Bertz CT molecular complexity index is 859. The van der Waals surface area contributed by atoms with Gasteiger partial charge in [0.2, 0.25) is 0 Å². The predicted octanol–water partition coefficient (Wildman–Crippen LogP) is 3.87. The second kappa shape index (κ2) is 3.79. The largest absolute Gasteiger partial charge is 0.290 e. The van der Waals surface area contributed by atoms with Gasteiger partial charge in [0, 0.05) is 0 Å². The number of rotatable bonds is 0. The molecule has 1 heteroatoms. The van der Waals surface area contributed by atoms with Gasteiger partial charge in [0.1, 0.15) is 0 Å². The van der Waals surface area contributed by atoms with Gasteiger partial charge < -0.3 is 0 Å². The van der Waals surface area contributed by atoms with Crippen molar-refractivity contribution >= 4 is 16.8 Å². The summed E-state index contributed by atoms with van der Waals surface area (Å²) in [5.74, 6) is 0. The van der Waals surface area contributed by atoms with E-state index >= 15 is 0 Å². The van der Waals surface area contributed by atoms with Crippen molar-refractivity contribution in [3.63, 3.8) is 0 Å². The highest BCUT2D eigenvalue weighted by molar-refractivity contribution is 5.98. The SMILES string of the molecule is O=c1ccc2c3cc4c(cc3cccc-2c1)C=CC4. The molecule has 1 aromatic carbocycles. The van der Waals surface area contributed by atoms with E-state index in [9.17, 15) is 4.79 Å². The summed E-state index contributed by atoms with van der Waals surface area (Å²) >= 11 is 0. The van der Waals surface area contributed by atoms with Crippen LogP contribution in [0.1, 0.15) is 11.1 Å². The van der Waals surface area contributed by atoms with Crippen LogP contribution in [0.4, 0.5) is 0 Å². The van der Waals surface area contributed by atoms with E-state index in [1.807, 2.05) is 18.2 Å². The molecule has 0 atom stereocenters. The van der Waals surface area contributed by atoms with Crippen molar-refractivity contribution < 1.29 is 0 Å². The van der Waals surface area contributed by atoms with Crippen molar-refractivity contribution in [2.24, 2.45) is 0 Å². The minimum atomic E-state index is 0.0645. The third-order valence-electron chi connectivity index (χ3n) is 3.81. The fourth-order valence-corrected chi connectivity index (χ4v) is 2.87. The van der Waals surface area contributed by atoms with Crippen LogP contribution in [-0.2, 0) is 6.42 Å². The van der Waals surface area contributed by atoms with Gasteiger partial charge in [0.15, 0.2) is 5.43 Å². The molecule has 1 aromatic rings. The van der Waals surface area contributed by atoms with E-state index in [0.717, 1.165) is 17.5 Å². The maximum Gasteiger partial charge on any atom is 0.179 e. The standard InChI is InChI=1S/C18H12O/c19-16-7-8-17-15(10-16)6-2-5-14-9-12-3-1-4-13(12)11-18(14)17/h1-3,5-11H,4H2. The Morgan fingerprint density at radius 3 is 2.84 bits per heavy atom. The van der Waals surface area contributed by atoms with Gasteiger partial charge in [-0.15, -0.1) is 0 Å². The highest BCUT2D eigenvalue weighted by Gasteiger charge is 2.10. The van der Waals surface area contributed by atoms with Crippen LogP contribution in [0.25, 0.3) is 28.0 Å². The number of allylic oxidation sites excluding steroid dienone is 1. The zero-order valence-corrected chi connectivity index (χ0v) is 10.4. The summed E-state index contributed by atoms with van der Waals surface area (Å²) < 4.78 is 0. The van der Waals surface area contributed by atoms with Crippen LogP contribution in [0.2, 0.25) is 0 Å². The Morgan fingerprint density at radius 2 is 1.89 bits per heavy atom. The Labute approximate surface area is 111 Å². The normalized spacial score (nSPS) is 13.1. The molecule has 0 N–H and O–H groups in total. The Hall–Kier alpha value is -2.41. The molecule has 3 aliphatic carbocycles. The summed E-state index contributed by atoms with van der Waals surface area (Å²) in [5, 5.41) is 2.45. The van der Waals surface area contributed by atoms with Crippen LogP contribution in [0.5, 0.6) is 0 Å². The van der Waals surface area contributed by atoms with E-state index in [1.165, 1.54) is 21.9 Å². The summed E-state index contributed by atoms with van der Waals surface area (Å²) in [5.41, 5.74) is 4.90. The topological polar surface area (TPSA) is 17.1 Å². The van der Waals surface area contributed by atoms with Gasteiger partial charge in [-0.3, -0.25) is 4.79 Å². The van der Waals surface area contributed by atoms with E-state index in [2.05, 4.69) is 30.4 Å². The summed E-state index contributed by atoms with van der Waals surface area (Å²) in [6.07, 6.45) is 5.38. The molecule has 0 fully saturated rings. The average molecular weight is 244 g/mol. The fourth-order valence-electron chi connectivity index (χ4n) is 2.87. The van der Waals surface area contributed by atoms with Gasteiger partial charge in [-0.05, 0) is 69.8 Å². The van der Waals surface area contributed by atoms with Crippen LogP contribution < -0.4 is 5.43 Å². The Balaban J connectivity index is 2.18. The molecule has 0 radical (unpaired) electrons. The molecule has 0 aromatic heterocycles. The number of fused-ring (bicyclic) bond motifs is 4. The molecule has 1 nitrogen and oxygen atoms in total. The molecule has 4 rings (SSSR count). The first-order valence-corrected chi connectivity index (χ1v) is 6.47. The Kier molecular flexibility index (Phi) is 2.10. The molecule has 0 saturated heterocycles. The van der Waals surface area contributed by atoms with Crippen molar-refractivity contribution in [2.45, 2.75) is 6.42 Å². The van der Waals surface area contributed by atoms with Gasteiger partial charge in [-0.1, -0.05) is 30.4 Å². The van der Waals surface area contributed by atoms with Crippen molar-refractivity contribution in [1.82, 2.24) is 0 Å². The third kappa shape index (κ3) is 1.59. The van der Waals surface area contributed by atoms with E-state index in [1.54, 1.807) is 12.1 Å². The first-order chi connectivity index (χ1) is 9.31. The van der Waals surface area contributed by atoms with E-state index in [0.29, 0.717) is 0 Å². The molecular formula is C18H12O. The molecular weight excluding hydrogens is 232 g/mol. The average Bonchev–Trinajstić information content (AvgIpc) is 2.78. The lowest BCUT2D eigenvalue weighted by molar-refractivity contribution is 1.32. The number of hydrogen-bond acceptors (Lipinski definition) is 1. The van der Waals surface area contributed by atoms with Gasteiger partial charge >= 0.3 is 0 Å². The number of benzene rings is 2. The first kappa shape index (κ1) is 10.5. The second-order valence-corrected chi connectivity index (χ2v) is 5.02. The van der Waals surface area contributed by atoms with Crippen LogP contribution >= 0.6 is 0 Å². The monoisotopic (exact) mass is 244 g/mol. The molecule has 0 unspecified atom stereocenters. The smallest absolute Gasteiger partial charge is 0.179 e. The molecule has 0 amide bonds. The van der Waals surface area contributed by atoms with Crippen molar-refractivity contribution in [3.8, 4) is 11.1 Å². The van der Waals surface area contributed by atoms with E-state index in [4.69, 9.17) is 0 Å². The van der Waals surface area contributed by atoms with Crippen molar-refractivity contribution in [3.05, 3.63) is 76.0 Å². The molecule has 0 heterocycles. The van der Waals surface area contributed by atoms with Crippen molar-refractivity contribution in [2.75, 3.05) is 0 Å². The van der Waals surface area contributed by atoms with Gasteiger partial charge in [-0.2, -0.15) is 0 Å². The minimum absolute atomic E-state index is 0.0645. The number of hydrogen-bond donors (Lipinski definition) is 0. The van der Waals surface area contributed by atoms with Gasteiger partial charge in [0.25, 0.3) is 0 Å². The lowest BCUT2D eigenvalue weighted by atomic mass is 9.97. The maximum absolute atomic E-state index is 11.5. The summed E-state index contributed by atoms with van der Waals surface area (Å²) in [6, 6.07) is 15.9. The quantitative estimate of drug-likeness (QED) is 0.586. The summed E-state index contributed by atoms with van der Waals surface area (Å²) in [4.78, 5) is 11.5. The minimum Gasteiger partial charge on any atom is -0.290 e. The predicted molar refractivity (Wildman–Crippen MR) is 79.6 cm³/mol. The highest BCUT2D eigenvalue weighted by atomic mass is 16.1. The summed E-state index contributed by atoms with van der Waals surface area (Å²) in [6.45, 7) is 0. The van der Waals surface area contributed by atoms with Crippen LogP contribution in [0.15, 0.2) is 59.4 Å². The third-order valence-corrected chi connectivity index (χ3v) is 3.81. The van der Waals surface area contributed by atoms with Gasteiger partial charge in [0.05, 0.1) is 0 Å². The highest BCUT2D eigenvalue weighted by Crippen LogP contribution is 2.32. The molecule has 0 bridgehead atoms. The zero-order chi connectivity index (χ0) is 12.8. The molecule has 90 valence electrons. The Morgan fingerprint density at radius 1 is 0.947 bits per heavy atom. The fraction of sp³-hybridized carbons (Fsp3) is 0.0556. The summed E-state index contributed by atoms with van der Waals surface area (Å²) in [7, 11) is 0. The van der Waals surface area contributed by atoms with Gasteiger partial charge in [-0.25, -0.2) is 0 Å². The lowest BCUT2D eigenvalue weighted by Gasteiger charge is -2.06. The lowest BCUT2D eigenvalue weighted by Crippen LogP contribution is -1.96. The second-order valence-electron chi connectivity index (χ2n) is 5.02. The molecule has 0 aliphatic heterocycles. The maximum atomic E-state index is 11.5. The van der Waals surface area contributed by atoms with Crippen molar-refractivity contribution in [1.29, 1.82) is 0 Å². The molecule has 0 spiro atoms. The van der Waals surface area contributed by atoms with E-state index < -0.39 is 0 Å². The first-order valence-electron chi connectivity index (χ1n) is 6.47. The van der Waals surface area contributed by atoms with Crippen LogP contribution in [0, 0.1) is 0 Å². The zero-order valence-electron chi connectivity index (χ0n) is 10.4. The van der Waals surface area contributed by atoms with E-state index in [-0.39, 0.29) is 5.43 Å². The van der Waals surface area contributed by atoms with Crippen LogP contribution in [0.3, 0.4) is 0 Å². The molecule has 3 aliphatic rings. The molecule has 19 heavy (non-hydrogen) atoms. The van der Waals surface area contributed by atoms with Crippen LogP contribution in [-0.4, -0.2) is 0 Å². The molecule has 0 saturated carbocycles.